The highest BCUT2D eigenvalue weighted by atomic mass is 19.4. The first kappa shape index (κ1) is 15.5. The Morgan fingerprint density at radius 3 is 1.58 bits per heavy atom. The molecule has 0 aliphatic carbocycles. The van der Waals surface area contributed by atoms with Gasteiger partial charge in [0.1, 0.15) is 5.69 Å². The fourth-order valence-electron chi connectivity index (χ4n) is 1.38. The first-order chi connectivity index (χ1) is 8.54. The molecule has 1 N–H and O–H groups in total. The fraction of sp³-hybridized carbons (Fsp3) is 0.400. The molecule has 108 valence electrons. The van der Waals surface area contributed by atoms with Crippen molar-refractivity contribution in [3.05, 3.63) is 29.1 Å². The number of halogens is 8. The molecule has 19 heavy (non-hydrogen) atoms. The van der Waals surface area contributed by atoms with E-state index in [9.17, 15) is 35.1 Å². The summed E-state index contributed by atoms with van der Waals surface area (Å²) < 4.78 is 100. The van der Waals surface area contributed by atoms with Gasteiger partial charge in [-0.05, 0) is 6.92 Å². The molecule has 0 radical (unpaired) electrons. The standard InChI is InChI=1S/C10H7F8N/c1-3(2-10(16,17)18)19-9-7(14)5(12)4(11)6(13)8(9)15/h3,19H,2H2,1H3. The average molecular weight is 293 g/mol. The summed E-state index contributed by atoms with van der Waals surface area (Å²) in [5.74, 6) is -11.2. The lowest BCUT2D eigenvalue weighted by atomic mass is 10.2. The van der Waals surface area contributed by atoms with Gasteiger partial charge in [0.15, 0.2) is 23.3 Å². The van der Waals surface area contributed by atoms with Gasteiger partial charge in [-0.2, -0.15) is 13.2 Å². The molecule has 0 bridgehead atoms. The van der Waals surface area contributed by atoms with Crippen LogP contribution in [-0.4, -0.2) is 12.2 Å². The average Bonchev–Trinajstić information content (AvgIpc) is 2.27. The summed E-state index contributed by atoms with van der Waals surface area (Å²) in [6.07, 6.45) is -6.14. The Morgan fingerprint density at radius 2 is 1.21 bits per heavy atom. The molecule has 1 aromatic rings. The van der Waals surface area contributed by atoms with Crippen molar-refractivity contribution >= 4 is 5.69 Å². The molecule has 0 spiro atoms. The molecule has 1 atom stereocenters. The van der Waals surface area contributed by atoms with Crippen molar-refractivity contribution in [1.29, 1.82) is 0 Å². The molecule has 1 aromatic carbocycles. The summed E-state index contributed by atoms with van der Waals surface area (Å²) in [7, 11) is 0. The Labute approximate surface area is 102 Å². The van der Waals surface area contributed by atoms with Crippen LogP contribution in [0.3, 0.4) is 0 Å². The third-order valence-corrected chi connectivity index (χ3v) is 2.14. The molecule has 1 rings (SSSR count). The largest absolute Gasteiger partial charge is 0.391 e. The van der Waals surface area contributed by atoms with Gasteiger partial charge in [0.2, 0.25) is 5.82 Å². The van der Waals surface area contributed by atoms with Gasteiger partial charge in [0, 0.05) is 6.04 Å². The summed E-state index contributed by atoms with van der Waals surface area (Å²) in [5, 5.41) is 1.63. The quantitative estimate of drug-likeness (QED) is 0.502. The molecule has 0 aromatic heterocycles. The van der Waals surface area contributed by atoms with Crippen molar-refractivity contribution in [3.63, 3.8) is 0 Å². The van der Waals surface area contributed by atoms with Crippen molar-refractivity contribution in [2.45, 2.75) is 25.6 Å². The second-order valence-corrected chi connectivity index (χ2v) is 3.81. The Morgan fingerprint density at radius 1 is 0.842 bits per heavy atom. The molecule has 0 heterocycles. The molecule has 0 fully saturated rings. The Balaban J connectivity index is 3.09. The van der Waals surface area contributed by atoms with E-state index in [1.165, 1.54) is 0 Å². The van der Waals surface area contributed by atoms with Crippen LogP contribution in [0.1, 0.15) is 13.3 Å². The van der Waals surface area contributed by atoms with Crippen molar-refractivity contribution in [2.24, 2.45) is 0 Å². The summed E-state index contributed by atoms with van der Waals surface area (Å²) in [5.41, 5.74) is -1.48. The maximum atomic E-state index is 13.1. The van der Waals surface area contributed by atoms with E-state index in [0.29, 0.717) is 0 Å². The van der Waals surface area contributed by atoms with Gasteiger partial charge in [0.05, 0.1) is 6.42 Å². The molecule has 0 saturated heterocycles. The van der Waals surface area contributed by atoms with Gasteiger partial charge in [-0.15, -0.1) is 0 Å². The molecule has 0 amide bonds. The van der Waals surface area contributed by atoms with Crippen molar-refractivity contribution in [1.82, 2.24) is 0 Å². The summed E-state index contributed by atoms with van der Waals surface area (Å²) in [6.45, 7) is 0.894. The number of nitrogens with one attached hydrogen (secondary N) is 1. The molecule has 1 nitrogen and oxygen atoms in total. The summed E-state index contributed by atoms with van der Waals surface area (Å²) in [4.78, 5) is 0. The van der Waals surface area contributed by atoms with Crippen molar-refractivity contribution in [2.75, 3.05) is 5.32 Å². The van der Waals surface area contributed by atoms with Crippen LogP contribution in [-0.2, 0) is 0 Å². The van der Waals surface area contributed by atoms with Crippen LogP contribution in [0.4, 0.5) is 40.8 Å². The van der Waals surface area contributed by atoms with E-state index in [0.717, 1.165) is 6.92 Å². The smallest absolute Gasteiger partial charge is 0.377 e. The maximum absolute atomic E-state index is 13.1. The number of hydrogen-bond acceptors (Lipinski definition) is 1. The molecule has 1 unspecified atom stereocenters. The first-order valence-corrected chi connectivity index (χ1v) is 4.89. The lowest BCUT2D eigenvalue weighted by Crippen LogP contribution is -2.25. The van der Waals surface area contributed by atoms with Gasteiger partial charge in [0.25, 0.3) is 0 Å². The number of hydrogen-bond donors (Lipinski definition) is 1. The van der Waals surface area contributed by atoms with Crippen LogP contribution in [0, 0.1) is 29.1 Å². The number of rotatable bonds is 3. The van der Waals surface area contributed by atoms with Gasteiger partial charge < -0.3 is 5.32 Å². The third-order valence-electron chi connectivity index (χ3n) is 2.14. The minimum absolute atomic E-state index is 0.894. The number of anilines is 1. The zero-order valence-corrected chi connectivity index (χ0v) is 9.31. The van der Waals surface area contributed by atoms with E-state index < -0.39 is 53.4 Å². The van der Waals surface area contributed by atoms with Crippen LogP contribution in [0.2, 0.25) is 0 Å². The molecular formula is C10H7F8N. The zero-order chi connectivity index (χ0) is 15.0. The SMILES string of the molecule is CC(CC(F)(F)F)Nc1c(F)c(F)c(F)c(F)c1F. The van der Waals surface area contributed by atoms with E-state index in [1.54, 1.807) is 5.32 Å². The van der Waals surface area contributed by atoms with Gasteiger partial charge in [-0.25, -0.2) is 22.0 Å². The fourth-order valence-corrected chi connectivity index (χ4v) is 1.38. The van der Waals surface area contributed by atoms with Crippen LogP contribution < -0.4 is 5.32 Å². The summed E-state index contributed by atoms with van der Waals surface area (Å²) >= 11 is 0. The Kier molecular flexibility index (Phi) is 4.26. The second kappa shape index (κ2) is 5.22. The Hall–Kier alpha value is -1.54. The second-order valence-electron chi connectivity index (χ2n) is 3.81. The minimum Gasteiger partial charge on any atom is -0.377 e. The summed E-state index contributed by atoms with van der Waals surface area (Å²) in [6, 6.07) is -1.56. The van der Waals surface area contributed by atoms with E-state index in [2.05, 4.69) is 0 Å². The van der Waals surface area contributed by atoms with Gasteiger partial charge >= 0.3 is 6.18 Å². The van der Waals surface area contributed by atoms with E-state index >= 15 is 0 Å². The minimum atomic E-state index is -4.64. The third kappa shape index (κ3) is 3.48. The van der Waals surface area contributed by atoms with Crippen LogP contribution in [0.25, 0.3) is 0 Å². The van der Waals surface area contributed by atoms with E-state index in [-0.39, 0.29) is 0 Å². The van der Waals surface area contributed by atoms with Gasteiger partial charge in [-0.3, -0.25) is 0 Å². The zero-order valence-electron chi connectivity index (χ0n) is 9.31. The van der Waals surface area contributed by atoms with Crippen LogP contribution in [0.15, 0.2) is 0 Å². The first-order valence-electron chi connectivity index (χ1n) is 4.89. The molecule has 0 saturated carbocycles. The number of alkyl halides is 3. The highest BCUT2D eigenvalue weighted by Gasteiger charge is 2.32. The number of benzene rings is 1. The Bertz CT molecular complexity index is 452. The van der Waals surface area contributed by atoms with Crippen LogP contribution >= 0.6 is 0 Å². The van der Waals surface area contributed by atoms with E-state index in [4.69, 9.17) is 0 Å². The van der Waals surface area contributed by atoms with E-state index in [1.807, 2.05) is 0 Å². The monoisotopic (exact) mass is 293 g/mol. The van der Waals surface area contributed by atoms with Crippen molar-refractivity contribution < 1.29 is 35.1 Å². The lowest BCUT2D eigenvalue weighted by Gasteiger charge is -2.18. The molecule has 9 heteroatoms. The predicted molar refractivity (Wildman–Crippen MR) is 50.0 cm³/mol. The maximum Gasteiger partial charge on any atom is 0.391 e. The van der Waals surface area contributed by atoms with Crippen LogP contribution in [0.5, 0.6) is 0 Å². The predicted octanol–water partition coefficient (Wildman–Crippen LogP) is 4.13. The van der Waals surface area contributed by atoms with Crippen molar-refractivity contribution in [3.8, 4) is 0 Å². The molecule has 0 aliphatic heterocycles. The van der Waals surface area contributed by atoms with Gasteiger partial charge in [-0.1, -0.05) is 0 Å². The topological polar surface area (TPSA) is 12.0 Å². The lowest BCUT2D eigenvalue weighted by molar-refractivity contribution is -0.136. The highest BCUT2D eigenvalue weighted by Crippen LogP contribution is 2.29. The highest BCUT2D eigenvalue weighted by molar-refractivity contribution is 5.48. The normalized spacial score (nSPS) is 13.5. The molecule has 0 aliphatic rings. The molecular weight excluding hydrogens is 286 g/mol.